The van der Waals surface area contributed by atoms with Crippen LogP contribution in [0.2, 0.25) is 0 Å². The van der Waals surface area contributed by atoms with Gasteiger partial charge in [-0.15, -0.1) is 0 Å². The van der Waals surface area contributed by atoms with E-state index in [0.717, 1.165) is 39.3 Å². The maximum atomic E-state index is 13.5. The molecule has 3 aromatic carbocycles. The van der Waals surface area contributed by atoms with E-state index < -0.39 is 10.0 Å². The second kappa shape index (κ2) is 9.64. The first-order valence-electron chi connectivity index (χ1n) is 12.3. The molecule has 0 spiro atoms. The largest absolute Gasteiger partial charge is 0.491 e. The Kier molecular flexibility index (Phi) is 6.51. The quantitative estimate of drug-likeness (QED) is 0.403. The third kappa shape index (κ3) is 5.10. The minimum Gasteiger partial charge on any atom is -0.491 e. The summed E-state index contributed by atoms with van der Waals surface area (Å²) in [6.45, 7) is 8.42. The highest BCUT2D eigenvalue weighted by Gasteiger charge is 2.24. The zero-order valence-electron chi connectivity index (χ0n) is 21.3. The highest BCUT2D eigenvalue weighted by Crippen LogP contribution is 2.31. The monoisotopic (exact) mass is 518 g/mol. The minimum atomic E-state index is -3.64. The number of ether oxygens (including phenoxy) is 1. The van der Waals surface area contributed by atoms with Crippen molar-refractivity contribution < 1.29 is 17.9 Å². The first-order valence-corrected chi connectivity index (χ1v) is 13.7. The number of amides is 1. The number of imidazole rings is 1. The predicted molar refractivity (Wildman–Crippen MR) is 143 cm³/mol. The second-order valence-corrected chi connectivity index (χ2v) is 11.4. The Morgan fingerprint density at radius 2 is 1.81 bits per heavy atom. The van der Waals surface area contributed by atoms with Gasteiger partial charge in [0.05, 0.1) is 22.5 Å². The first kappa shape index (κ1) is 25.0. The molecule has 9 heteroatoms. The molecule has 0 saturated heterocycles. The number of carbonyl (C=O) groups is 1. The van der Waals surface area contributed by atoms with Gasteiger partial charge in [0.25, 0.3) is 5.91 Å². The van der Waals surface area contributed by atoms with Crippen molar-refractivity contribution in [1.29, 1.82) is 0 Å². The molecule has 0 atom stereocenters. The number of rotatable bonds is 5. The zero-order valence-corrected chi connectivity index (χ0v) is 22.1. The maximum Gasteiger partial charge on any atom is 0.254 e. The molecule has 1 amide bonds. The number of aryl methyl sites for hydroxylation is 2. The van der Waals surface area contributed by atoms with Crippen molar-refractivity contribution in [3.63, 3.8) is 0 Å². The van der Waals surface area contributed by atoms with Crippen molar-refractivity contribution in [2.75, 3.05) is 13.2 Å². The molecular weight excluding hydrogens is 488 g/mol. The third-order valence-electron chi connectivity index (χ3n) is 6.39. The number of fused-ring (bicyclic) bond motifs is 2. The smallest absolute Gasteiger partial charge is 0.254 e. The van der Waals surface area contributed by atoms with Crippen LogP contribution in [0.1, 0.15) is 41.2 Å². The third-order valence-corrected chi connectivity index (χ3v) is 8.05. The van der Waals surface area contributed by atoms with Crippen molar-refractivity contribution in [2.45, 2.75) is 45.2 Å². The predicted octanol–water partition coefficient (Wildman–Crippen LogP) is 4.57. The summed E-state index contributed by atoms with van der Waals surface area (Å²) in [5.74, 6) is 1.47. The SMILES string of the molecule is Cc1nc2ccc(-c3ccc4c(c3)CN(C(=O)c3ccc(S(=O)(=O)NC(C)C)cc3C)CCO4)cc2[nH]1. The van der Waals surface area contributed by atoms with Crippen molar-refractivity contribution in [2.24, 2.45) is 0 Å². The molecule has 1 aromatic heterocycles. The van der Waals surface area contributed by atoms with Crippen molar-refractivity contribution in [3.8, 4) is 16.9 Å². The Bertz CT molecular complexity index is 1610. The average Bonchev–Trinajstić information content (AvgIpc) is 3.08. The van der Waals surface area contributed by atoms with Crippen LogP contribution in [0.15, 0.2) is 59.5 Å². The van der Waals surface area contributed by atoms with Gasteiger partial charge in [0.15, 0.2) is 0 Å². The van der Waals surface area contributed by atoms with Crippen LogP contribution in [0, 0.1) is 13.8 Å². The van der Waals surface area contributed by atoms with E-state index >= 15 is 0 Å². The molecular formula is C28H30N4O4S. The summed E-state index contributed by atoms with van der Waals surface area (Å²) in [5.41, 5.74) is 5.97. The molecule has 1 aliphatic heterocycles. The number of hydrogen-bond acceptors (Lipinski definition) is 5. The fourth-order valence-corrected chi connectivity index (χ4v) is 5.99. The fraction of sp³-hybridized carbons (Fsp3) is 0.286. The van der Waals surface area contributed by atoms with E-state index in [0.29, 0.717) is 30.8 Å². The Morgan fingerprint density at radius 3 is 2.57 bits per heavy atom. The van der Waals surface area contributed by atoms with E-state index in [-0.39, 0.29) is 16.8 Å². The highest BCUT2D eigenvalue weighted by molar-refractivity contribution is 7.89. The van der Waals surface area contributed by atoms with Crippen LogP contribution in [-0.4, -0.2) is 48.4 Å². The van der Waals surface area contributed by atoms with Crippen LogP contribution in [0.5, 0.6) is 5.75 Å². The van der Waals surface area contributed by atoms with E-state index in [4.69, 9.17) is 4.74 Å². The topological polar surface area (TPSA) is 104 Å². The number of sulfonamides is 1. The summed E-state index contributed by atoms with van der Waals surface area (Å²) >= 11 is 0. The normalized spacial score (nSPS) is 13.9. The van der Waals surface area contributed by atoms with Crippen LogP contribution >= 0.6 is 0 Å². The molecule has 2 heterocycles. The Balaban J connectivity index is 1.41. The van der Waals surface area contributed by atoms with Gasteiger partial charge in [0, 0.05) is 23.7 Å². The first-order chi connectivity index (χ1) is 17.6. The molecule has 0 fully saturated rings. The summed E-state index contributed by atoms with van der Waals surface area (Å²) in [6, 6.07) is 16.5. The van der Waals surface area contributed by atoms with Gasteiger partial charge in [-0.1, -0.05) is 12.1 Å². The van der Waals surface area contributed by atoms with Crippen LogP contribution in [-0.2, 0) is 16.6 Å². The lowest BCUT2D eigenvalue weighted by atomic mass is 10.0. The Labute approximate surface area is 216 Å². The van der Waals surface area contributed by atoms with E-state index in [9.17, 15) is 13.2 Å². The van der Waals surface area contributed by atoms with Gasteiger partial charge in [0.2, 0.25) is 10.0 Å². The van der Waals surface area contributed by atoms with E-state index in [1.54, 1.807) is 37.8 Å². The van der Waals surface area contributed by atoms with E-state index in [1.807, 2.05) is 31.2 Å². The maximum absolute atomic E-state index is 13.5. The van der Waals surface area contributed by atoms with Crippen molar-refractivity contribution in [3.05, 3.63) is 77.1 Å². The molecule has 5 rings (SSSR count). The summed E-state index contributed by atoms with van der Waals surface area (Å²) in [4.78, 5) is 23.2. The fourth-order valence-electron chi connectivity index (χ4n) is 4.66. The number of benzene rings is 3. The number of aromatic amines is 1. The van der Waals surface area contributed by atoms with Gasteiger partial charge in [-0.3, -0.25) is 4.79 Å². The van der Waals surface area contributed by atoms with Gasteiger partial charge in [-0.25, -0.2) is 18.1 Å². The summed E-state index contributed by atoms with van der Waals surface area (Å²) in [7, 11) is -3.64. The molecule has 0 bridgehead atoms. The lowest BCUT2D eigenvalue weighted by Gasteiger charge is -2.21. The summed E-state index contributed by atoms with van der Waals surface area (Å²) < 4.78 is 33.6. The van der Waals surface area contributed by atoms with Crippen LogP contribution in [0.25, 0.3) is 22.2 Å². The number of H-pyrrole nitrogens is 1. The van der Waals surface area contributed by atoms with Crippen molar-refractivity contribution in [1.82, 2.24) is 19.6 Å². The summed E-state index contributed by atoms with van der Waals surface area (Å²) in [6.07, 6.45) is 0. The molecule has 2 N–H and O–H groups in total. The lowest BCUT2D eigenvalue weighted by molar-refractivity contribution is 0.0732. The van der Waals surface area contributed by atoms with Gasteiger partial charge in [0.1, 0.15) is 18.2 Å². The van der Waals surface area contributed by atoms with E-state index in [1.165, 1.54) is 6.07 Å². The lowest BCUT2D eigenvalue weighted by Crippen LogP contribution is -2.33. The molecule has 0 aliphatic carbocycles. The number of aromatic nitrogens is 2. The van der Waals surface area contributed by atoms with Gasteiger partial charge < -0.3 is 14.6 Å². The molecule has 1 aliphatic rings. The van der Waals surface area contributed by atoms with Crippen LogP contribution in [0.4, 0.5) is 0 Å². The van der Waals surface area contributed by atoms with Crippen molar-refractivity contribution >= 4 is 27.0 Å². The Morgan fingerprint density at radius 1 is 1.05 bits per heavy atom. The number of carbonyl (C=O) groups excluding carboxylic acids is 1. The molecule has 8 nitrogen and oxygen atoms in total. The zero-order chi connectivity index (χ0) is 26.3. The van der Waals surface area contributed by atoms with Crippen LogP contribution < -0.4 is 9.46 Å². The second-order valence-electron chi connectivity index (χ2n) is 9.70. The number of hydrogen-bond donors (Lipinski definition) is 2. The minimum absolute atomic E-state index is 0.147. The number of nitrogens with one attached hydrogen (secondary N) is 2. The standard InChI is InChI=1S/C28H30N4O4S/c1-17(2)31-37(34,35)23-7-8-24(18(3)13-23)28(33)32-11-12-36-27-10-6-20(14-22(27)16-32)21-5-9-25-26(15-21)30-19(4)29-25/h5-10,13-15,17,31H,11-12,16H2,1-4H3,(H,29,30). The Hall–Kier alpha value is -3.69. The highest BCUT2D eigenvalue weighted by atomic mass is 32.2. The molecule has 37 heavy (non-hydrogen) atoms. The molecule has 192 valence electrons. The average molecular weight is 519 g/mol. The number of nitrogens with zero attached hydrogens (tertiary/aromatic N) is 2. The van der Waals surface area contributed by atoms with Gasteiger partial charge in [-0.2, -0.15) is 0 Å². The van der Waals surface area contributed by atoms with E-state index in [2.05, 4.69) is 26.8 Å². The van der Waals surface area contributed by atoms with Crippen LogP contribution in [0.3, 0.4) is 0 Å². The summed E-state index contributed by atoms with van der Waals surface area (Å²) in [5, 5.41) is 0. The molecule has 0 unspecified atom stereocenters. The molecule has 0 radical (unpaired) electrons. The van der Waals surface area contributed by atoms with Gasteiger partial charge in [-0.05, 0) is 86.8 Å². The molecule has 0 saturated carbocycles. The molecule has 4 aromatic rings. The van der Waals surface area contributed by atoms with Gasteiger partial charge >= 0.3 is 0 Å².